The van der Waals surface area contributed by atoms with Crippen LogP contribution in [0.25, 0.3) is 11.3 Å². The molecule has 6 amide bonds. The standard InChI is InChI=1S/C46H45FN10O10/c47-29-9-11-30(12-10-29)52-43(61)40(27-5-2-1-3-6-27)67-46(64)39-41(48)50-24-34(53-39)28-23-51-56(25-28)31-15-18-55(19-16-31)37(59)26-66-22-21-65-20-17-49-33-8-4-7-32-38(33)45(63)57(44(32)62)35-13-14-36(58)54-42(35)60/h1-12,23-25,31,35,40,49H,13-22,26H2,(H2,48,50)(H,52,61)(H,54,58,60)/t35?,40-/m1/s1. The Morgan fingerprint density at radius 2 is 1.64 bits per heavy atom. The van der Waals surface area contributed by atoms with E-state index in [0.29, 0.717) is 55.0 Å². The van der Waals surface area contributed by atoms with Gasteiger partial charge in [-0.05, 0) is 55.7 Å². The number of carbonyl (C=O) groups excluding carboxylic acids is 7. The molecule has 1 unspecified atom stereocenters. The van der Waals surface area contributed by atoms with E-state index in [9.17, 15) is 38.0 Å². The van der Waals surface area contributed by atoms with Crippen molar-refractivity contribution >= 4 is 58.6 Å². The van der Waals surface area contributed by atoms with E-state index < -0.39 is 53.5 Å². The maximum atomic E-state index is 13.5. The number of likely N-dealkylation sites (tertiary alicyclic amines) is 1. The number of nitrogens with zero attached hydrogens (tertiary/aromatic N) is 6. The Bertz CT molecular complexity index is 2690. The van der Waals surface area contributed by atoms with Gasteiger partial charge in [0.15, 0.2) is 11.5 Å². The van der Waals surface area contributed by atoms with E-state index in [2.05, 4.69) is 31.0 Å². The highest BCUT2D eigenvalue weighted by Gasteiger charge is 2.45. The van der Waals surface area contributed by atoms with Gasteiger partial charge in [-0.15, -0.1) is 0 Å². The number of imide groups is 2. The Kier molecular flexibility index (Phi) is 14.0. The quantitative estimate of drug-likeness (QED) is 0.0593. The largest absolute Gasteiger partial charge is 0.442 e. The molecule has 21 heteroatoms. The van der Waals surface area contributed by atoms with E-state index in [1.807, 2.05) is 0 Å². The fourth-order valence-electron chi connectivity index (χ4n) is 7.93. The normalized spacial score (nSPS) is 16.6. The topological polar surface area (TPSA) is 259 Å². The molecular formula is C46H45FN10O10. The predicted molar refractivity (Wildman–Crippen MR) is 235 cm³/mol. The molecule has 0 spiro atoms. The SMILES string of the molecule is Nc1ncc(-c2cnn(C3CCN(C(=O)COCCOCCNc4cccc5c4C(=O)N(C4CCC(=O)NC4=O)C5=O)CC3)c2)nc1C(=O)O[C@@H](C(=O)Nc1ccc(F)cc1)c1ccccc1. The molecule has 5 aromatic rings. The zero-order valence-electron chi connectivity index (χ0n) is 35.9. The summed E-state index contributed by atoms with van der Waals surface area (Å²) < 4.78 is 32.1. The van der Waals surface area contributed by atoms with Gasteiger partial charge < -0.3 is 35.5 Å². The number of carbonyl (C=O) groups is 7. The van der Waals surface area contributed by atoms with E-state index in [1.165, 1.54) is 36.5 Å². The number of hydrogen-bond acceptors (Lipinski definition) is 15. The molecular weight excluding hydrogens is 872 g/mol. The molecule has 2 fully saturated rings. The number of benzene rings is 3. The highest BCUT2D eigenvalue weighted by atomic mass is 19.1. The maximum Gasteiger partial charge on any atom is 0.361 e. The number of nitrogens with one attached hydrogen (secondary N) is 3. The van der Waals surface area contributed by atoms with Gasteiger partial charge in [0.1, 0.15) is 18.5 Å². The number of amides is 6. The van der Waals surface area contributed by atoms with Crippen LogP contribution in [0.3, 0.4) is 0 Å². The van der Waals surface area contributed by atoms with E-state index >= 15 is 0 Å². The summed E-state index contributed by atoms with van der Waals surface area (Å²) in [5, 5.41) is 12.5. The van der Waals surface area contributed by atoms with Gasteiger partial charge in [-0.1, -0.05) is 36.4 Å². The molecule has 3 aromatic carbocycles. The third kappa shape index (κ3) is 10.5. The van der Waals surface area contributed by atoms with Crippen LogP contribution in [-0.4, -0.2) is 123 Å². The number of piperidine rings is 2. The molecule has 346 valence electrons. The van der Waals surface area contributed by atoms with Gasteiger partial charge in [-0.3, -0.25) is 43.7 Å². The minimum absolute atomic E-state index is 0.0296. The molecule has 2 saturated heterocycles. The second-order valence-corrected chi connectivity index (χ2v) is 15.8. The van der Waals surface area contributed by atoms with Gasteiger partial charge in [0, 0.05) is 54.8 Å². The van der Waals surface area contributed by atoms with Crippen LogP contribution < -0.4 is 21.7 Å². The van der Waals surface area contributed by atoms with Crippen molar-refractivity contribution in [2.24, 2.45) is 0 Å². The van der Waals surface area contributed by atoms with Crippen molar-refractivity contribution in [2.45, 2.75) is 43.9 Å². The summed E-state index contributed by atoms with van der Waals surface area (Å²) in [6.07, 6.45) is 4.68. The van der Waals surface area contributed by atoms with Crippen LogP contribution >= 0.6 is 0 Å². The zero-order chi connectivity index (χ0) is 47.0. The van der Waals surface area contributed by atoms with Gasteiger partial charge in [-0.2, -0.15) is 5.10 Å². The molecule has 2 atom stereocenters. The van der Waals surface area contributed by atoms with E-state index in [0.717, 1.165) is 4.90 Å². The number of esters is 1. The van der Waals surface area contributed by atoms with Crippen LogP contribution in [-0.2, 0) is 33.4 Å². The maximum absolute atomic E-state index is 13.5. The molecule has 67 heavy (non-hydrogen) atoms. The van der Waals surface area contributed by atoms with Crippen molar-refractivity contribution in [3.63, 3.8) is 0 Å². The lowest BCUT2D eigenvalue weighted by molar-refractivity contribution is -0.138. The number of rotatable bonds is 17. The van der Waals surface area contributed by atoms with E-state index in [1.54, 1.807) is 64.4 Å². The number of halogens is 1. The van der Waals surface area contributed by atoms with Crippen molar-refractivity contribution in [1.29, 1.82) is 0 Å². The lowest BCUT2D eigenvalue weighted by atomic mass is 10.0. The fraction of sp³-hybridized carbons (Fsp3) is 0.304. The van der Waals surface area contributed by atoms with Gasteiger partial charge in [0.05, 0.1) is 55.1 Å². The van der Waals surface area contributed by atoms with Crippen molar-refractivity contribution in [2.75, 3.05) is 62.4 Å². The molecule has 2 aromatic heterocycles. The number of aromatic nitrogens is 4. The fourth-order valence-corrected chi connectivity index (χ4v) is 7.93. The number of hydrogen-bond donors (Lipinski definition) is 4. The Morgan fingerprint density at radius 1 is 0.881 bits per heavy atom. The average molecular weight is 917 g/mol. The number of nitrogen functional groups attached to an aromatic ring is 1. The average Bonchev–Trinajstić information content (AvgIpc) is 3.93. The molecule has 8 rings (SSSR count). The third-order valence-corrected chi connectivity index (χ3v) is 11.4. The van der Waals surface area contributed by atoms with Crippen molar-refractivity contribution < 1.29 is 52.2 Å². The number of nitrogens with two attached hydrogens (primary N) is 1. The first kappa shape index (κ1) is 45.7. The molecule has 0 radical (unpaired) electrons. The number of fused-ring (bicyclic) bond motifs is 1. The summed E-state index contributed by atoms with van der Waals surface area (Å²) in [6.45, 7) is 1.73. The highest BCUT2D eigenvalue weighted by molar-refractivity contribution is 6.25. The van der Waals surface area contributed by atoms with Gasteiger partial charge in [-0.25, -0.2) is 19.2 Å². The van der Waals surface area contributed by atoms with Gasteiger partial charge in [0.25, 0.3) is 17.7 Å². The Hall–Kier alpha value is -7.91. The van der Waals surface area contributed by atoms with Crippen LogP contribution in [0.15, 0.2) is 91.4 Å². The molecule has 0 saturated carbocycles. The molecule has 0 bridgehead atoms. The molecule has 3 aliphatic heterocycles. The molecule has 5 N–H and O–H groups in total. The van der Waals surface area contributed by atoms with Gasteiger partial charge >= 0.3 is 5.97 Å². The van der Waals surface area contributed by atoms with Crippen LogP contribution in [0.1, 0.15) is 74.6 Å². The van der Waals surface area contributed by atoms with Crippen molar-refractivity contribution in [3.8, 4) is 11.3 Å². The Balaban J connectivity index is 0.763. The number of anilines is 3. The van der Waals surface area contributed by atoms with Crippen LogP contribution in [0, 0.1) is 5.82 Å². The van der Waals surface area contributed by atoms with Crippen LogP contribution in [0.5, 0.6) is 0 Å². The second-order valence-electron chi connectivity index (χ2n) is 15.8. The third-order valence-electron chi connectivity index (χ3n) is 11.4. The summed E-state index contributed by atoms with van der Waals surface area (Å²) in [5.41, 5.74) is 8.04. The molecule has 3 aliphatic rings. The zero-order valence-corrected chi connectivity index (χ0v) is 35.9. The Morgan fingerprint density at radius 3 is 2.40 bits per heavy atom. The number of ether oxygens (including phenoxy) is 3. The molecule has 0 aliphatic carbocycles. The van der Waals surface area contributed by atoms with E-state index in [4.69, 9.17) is 19.9 Å². The lowest BCUT2D eigenvalue weighted by Gasteiger charge is -2.32. The predicted octanol–water partition coefficient (Wildman–Crippen LogP) is 3.31. The molecule has 20 nitrogen and oxygen atoms in total. The first-order valence-corrected chi connectivity index (χ1v) is 21.5. The molecule has 5 heterocycles. The van der Waals surface area contributed by atoms with Crippen LogP contribution in [0.2, 0.25) is 0 Å². The minimum atomic E-state index is -1.40. The highest BCUT2D eigenvalue weighted by Crippen LogP contribution is 2.33. The van der Waals surface area contributed by atoms with Gasteiger partial charge in [0.2, 0.25) is 23.8 Å². The summed E-state index contributed by atoms with van der Waals surface area (Å²) in [6, 6.07) is 17.2. The minimum Gasteiger partial charge on any atom is -0.442 e. The summed E-state index contributed by atoms with van der Waals surface area (Å²) in [5.74, 6) is -4.83. The monoisotopic (exact) mass is 916 g/mol. The first-order chi connectivity index (χ1) is 32.4. The second kappa shape index (κ2) is 20.5. The Labute approximate surface area is 381 Å². The summed E-state index contributed by atoms with van der Waals surface area (Å²) in [4.78, 5) is 101. The summed E-state index contributed by atoms with van der Waals surface area (Å²) >= 11 is 0. The summed E-state index contributed by atoms with van der Waals surface area (Å²) in [7, 11) is 0. The smallest absolute Gasteiger partial charge is 0.361 e. The van der Waals surface area contributed by atoms with E-state index in [-0.39, 0.29) is 79.6 Å². The first-order valence-electron chi connectivity index (χ1n) is 21.5. The van der Waals surface area contributed by atoms with Crippen LogP contribution in [0.4, 0.5) is 21.6 Å². The lowest BCUT2D eigenvalue weighted by Crippen LogP contribution is -2.54. The van der Waals surface area contributed by atoms with Crippen molar-refractivity contribution in [3.05, 3.63) is 120 Å². The van der Waals surface area contributed by atoms with Crippen molar-refractivity contribution in [1.82, 2.24) is 34.9 Å².